The fourth-order valence-corrected chi connectivity index (χ4v) is 2.74. The molecule has 1 N–H and O–H groups in total. The van der Waals surface area contributed by atoms with Crippen LogP contribution in [0.15, 0.2) is 28.7 Å². The number of hydrogen-bond acceptors (Lipinski definition) is 2. The Morgan fingerprint density at radius 1 is 1.39 bits per heavy atom. The van der Waals surface area contributed by atoms with Gasteiger partial charge in [0.1, 0.15) is 5.58 Å². The summed E-state index contributed by atoms with van der Waals surface area (Å²) in [6, 6.07) is 8.00. The molecule has 96 valence electrons. The highest BCUT2D eigenvalue weighted by Crippen LogP contribution is 2.36. The molecule has 1 saturated carbocycles. The van der Waals surface area contributed by atoms with Gasteiger partial charge in [0.25, 0.3) is 0 Å². The number of furan rings is 1. The zero-order valence-corrected chi connectivity index (χ0v) is 11.3. The Balaban J connectivity index is 1.68. The summed E-state index contributed by atoms with van der Waals surface area (Å²) in [4.78, 5) is 0. The van der Waals surface area contributed by atoms with Crippen molar-refractivity contribution in [2.75, 3.05) is 6.54 Å². The number of halogens is 1. The Labute approximate surface area is 112 Å². The standard InChI is InChI=1S/C15H18ClNO/c1-10(11-6-7-11)8-17-9-13-12-4-2-3-5-14(12)18-15(13)16/h2-5,10-11,17H,6-9H2,1H3. The van der Waals surface area contributed by atoms with Crippen molar-refractivity contribution in [2.24, 2.45) is 11.8 Å². The number of benzene rings is 1. The maximum Gasteiger partial charge on any atom is 0.199 e. The van der Waals surface area contributed by atoms with Gasteiger partial charge in [0, 0.05) is 17.5 Å². The van der Waals surface area contributed by atoms with Crippen molar-refractivity contribution in [1.82, 2.24) is 5.32 Å². The summed E-state index contributed by atoms with van der Waals surface area (Å²) in [6.45, 7) is 4.16. The SMILES string of the molecule is CC(CNCc1c(Cl)oc2ccccc12)C1CC1. The monoisotopic (exact) mass is 263 g/mol. The maximum absolute atomic E-state index is 6.15. The summed E-state index contributed by atoms with van der Waals surface area (Å²) in [5.41, 5.74) is 1.95. The lowest BCUT2D eigenvalue weighted by atomic mass is 10.1. The lowest BCUT2D eigenvalue weighted by molar-refractivity contribution is 0.461. The number of fused-ring (bicyclic) bond motifs is 1. The summed E-state index contributed by atoms with van der Waals surface area (Å²) in [5, 5.41) is 5.13. The van der Waals surface area contributed by atoms with E-state index in [4.69, 9.17) is 16.0 Å². The molecule has 1 fully saturated rings. The van der Waals surface area contributed by atoms with Crippen molar-refractivity contribution in [1.29, 1.82) is 0 Å². The first-order chi connectivity index (χ1) is 8.75. The van der Waals surface area contributed by atoms with Gasteiger partial charge in [-0.15, -0.1) is 0 Å². The maximum atomic E-state index is 6.15. The first-order valence-corrected chi connectivity index (χ1v) is 7.00. The van der Waals surface area contributed by atoms with Crippen LogP contribution >= 0.6 is 11.6 Å². The van der Waals surface area contributed by atoms with Gasteiger partial charge in [-0.3, -0.25) is 0 Å². The first-order valence-electron chi connectivity index (χ1n) is 6.62. The van der Waals surface area contributed by atoms with Crippen molar-refractivity contribution >= 4 is 22.6 Å². The lowest BCUT2D eigenvalue weighted by Gasteiger charge is -2.10. The topological polar surface area (TPSA) is 25.2 Å². The van der Waals surface area contributed by atoms with E-state index in [-0.39, 0.29) is 0 Å². The molecule has 3 heteroatoms. The van der Waals surface area contributed by atoms with Crippen molar-refractivity contribution in [3.8, 4) is 0 Å². The van der Waals surface area contributed by atoms with Gasteiger partial charge < -0.3 is 9.73 Å². The molecule has 0 saturated heterocycles. The Morgan fingerprint density at radius 2 is 2.17 bits per heavy atom. The second-order valence-electron chi connectivity index (χ2n) is 5.30. The van der Waals surface area contributed by atoms with Gasteiger partial charge in [-0.25, -0.2) is 0 Å². The van der Waals surface area contributed by atoms with Gasteiger partial charge in [-0.2, -0.15) is 0 Å². The molecular weight excluding hydrogens is 246 g/mol. The summed E-state index contributed by atoms with van der Waals surface area (Å²) < 4.78 is 5.54. The van der Waals surface area contributed by atoms with E-state index >= 15 is 0 Å². The van der Waals surface area contributed by atoms with Crippen molar-refractivity contribution in [3.63, 3.8) is 0 Å². The molecule has 3 rings (SSSR count). The van der Waals surface area contributed by atoms with Crippen LogP contribution in [-0.4, -0.2) is 6.54 Å². The number of para-hydroxylation sites is 1. The van der Waals surface area contributed by atoms with E-state index in [9.17, 15) is 0 Å². The summed E-state index contributed by atoms with van der Waals surface area (Å²) in [5.74, 6) is 1.70. The van der Waals surface area contributed by atoms with E-state index in [1.165, 1.54) is 12.8 Å². The molecule has 0 amide bonds. The lowest BCUT2D eigenvalue weighted by Crippen LogP contribution is -2.21. The van der Waals surface area contributed by atoms with Crippen LogP contribution in [-0.2, 0) is 6.54 Å². The highest BCUT2D eigenvalue weighted by molar-refractivity contribution is 6.30. The second-order valence-corrected chi connectivity index (χ2v) is 5.64. The average Bonchev–Trinajstić information content (AvgIpc) is 3.15. The third-order valence-electron chi connectivity index (χ3n) is 3.84. The molecule has 0 aliphatic heterocycles. The Morgan fingerprint density at radius 3 is 2.94 bits per heavy atom. The highest BCUT2D eigenvalue weighted by atomic mass is 35.5. The molecule has 18 heavy (non-hydrogen) atoms. The molecule has 2 nitrogen and oxygen atoms in total. The minimum absolute atomic E-state index is 0.516. The van der Waals surface area contributed by atoms with Crippen molar-refractivity contribution in [2.45, 2.75) is 26.3 Å². The van der Waals surface area contributed by atoms with E-state index in [0.717, 1.165) is 41.5 Å². The predicted octanol–water partition coefficient (Wildman–Crippen LogP) is 4.22. The normalized spacial score (nSPS) is 17.2. The minimum Gasteiger partial charge on any atom is -0.444 e. The second kappa shape index (κ2) is 4.94. The molecule has 2 aromatic rings. The fraction of sp³-hybridized carbons (Fsp3) is 0.467. The van der Waals surface area contributed by atoms with E-state index in [0.29, 0.717) is 5.22 Å². The molecule has 1 unspecified atom stereocenters. The molecule has 0 radical (unpaired) electrons. The van der Waals surface area contributed by atoms with Crippen LogP contribution in [0, 0.1) is 11.8 Å². The molecule has 0 spiro atoms. The van der Waals surface area contributed by atoms with Gasteiger partial charge >= 0.3 is 0 Å². The molecule has 1 aromatic heterocycles. The molecular formula is C15H18ClNO. The number of hydrogen-bond donors (Lipinski definition) is 1. The van der Waals surface area contributed by atoms with Crippen LogP contribution in [0.25, 0.3) is 11.0 Å². The van der Waals surface area contributed by atoms with Crippen molar-refractivity contribution in [3.05, 3.63) is 35.0 Å². The molecule has 1 aromatic carbocycles. The van der Waals surface area contributed by atoms with Gasteiger partial charge in [0.15, 0.2) is 5.22 Å². The van der Waals surface area contributed by atoms with Crippen LogP contribution in [0.1, 0.15) is 25.3 Å². The van der Waals surface area contributed by atoms with Crippen LogP contribution in [0.2, 0.25) is 5.22 Å². The zero-order valence-electron chi connectivity index (χ0n) is 10.6. The summed E-state index contributed by atoms with van der Waals surface area (Å²) in [6.07, 6.45) is 2.80. The van der Waals surface area contributed by atoms with Crippen LogP contribution in [0.3, 0.4) is 0 Å². The molecule has 1 heterocycles. The fourth-order valence-electron chi connectivity index (χ4n) is 2.49. The number of rotatable bonds is 5. The molecule has 0 bridgehead atoms. The van der Waals surface area contributed by atoms with Gasteiger partial charge in [-0.1, -0.05) is 25.1 Å². The largest absolute Gasteiger partial charge is 0.444 e. The van der Waals surface area contributed by atoms with E-state index in [1.54, 1.807) is 0 Å². The third kappa shape index (κ3) is 2.40. The molecule has 1 atom stereocenters. The Hall–Kier alpha value is -0.990. The van der Waals surface area contributed by atoms with Gasteiger partial charge in [0.05, 0.1) is 0 Å². The molecule has 1 aliphatic rings. The smallest absolute Gasteiger partial charge is 0.199 e. The third-order valence-corrected chi connectivity index (χ3v) is 4.15. The quantitative estimate of drug-likeness (QED) is 0.874. The van der Waals surface area contributed by atoms with Gasteiger partial charge in [-0.05, 0) is 48.9 Å². The van der Waals surface area contributed by atoms with Crippen molar-refractivity contribution < 1.29 is 4.42 Å². The Kier molecular flexibility index (Phi) is 3.31. The van der Waals surface area contributed by atoms with Crippen LogP contribution in [0.4, 0.5) is 0 Å². The average molecular weight is 264 g/mol. The van der Waals surface area contributed by atoms with Gasteiger partial charge in [0.2, 0.25) is 0 Å². The summed E-state index contributed by atoms with van der Waals surface area (Å²) in [7, 11) is 0. The summed E-state index contributed by atoms with van der Waals surface area (Å²) >= 11 is 6.15. The van der Waals surface area contributed by atoms with E-state index < -0.39 is 0 Å². The van der Waals surface area contributed by atoms with Crippen LogP contribution in [0.5, 0.6) is 0 Å². The van der Waals surface area contributed by atoms with E-state index in [2.05, 4.69) is 18.3 Å². The Bertz CT molecular complexity index is 544. The zero-order chi connectivity index (χ0) is 12.5. The molecule has 1 aliphatic carbocycles. The predicted molar refractivity (Wildman–Crippen MR) is 74.8 cm³/mol. The highest BCUT2D eigenvalue weighted by Gasteiger charge is 2.27. The van der Waals surface area contributed by atoms with Crippen LogP contribution < -0.4 is 5.32 Å². The minimum atomic E-state index is 0.516. The number of nitrogens with one attached hydrogen (secondary N) is 1. The van der Waals surface area contributed by atoms with E-state index in [1.807, 2.05) is 18.2 Å². The first kappa shape index (κ1) is 12.1.